The van der Waals surface area contributed by atoms with Gasteiger partial charge in [0.15, 0.2) is 0 Å². The number of aryl methyl sites for hydroxylation is 1. The summed E-state index contributed by atoms with van der Waals surface area (Å²) in [6.45, 7) is 2.06. The number of carbonyl (C=O) groups excluding carboxylic acids is 1. The number of rotatable bonds is 5. The van der Waals surface area contributed by atoms with Crippen molar-refractivity contribution in [3.63, 3.8) is 0 Å². The maximum atomic E-state index is 12.8. The van der Waals surface area contributed by atoms with E-state index in [1.54, 1.807) is 25.4 Å². The van der Waals surface area contributed by atoms with Crippen molar-refractivity contribution in [2.45, 2.75) is 19.6 Å². The van der Waals surface area contributed by atoms with Crippen LogP contribution in [0.4, 0.5) is 24.7 Å². The van der Waals surface area contributed by atoms with Crippen LogP contribution in [0.15, 0.2) is 54.9 Å². The molecule has 144 valence electrons. The smallest absolute Gasteiger partial charge is 0.366 e. The van der Waals surface area contributed by atoms with E-state index in [0.717, 1.165) is 17.7 Å². The van der Waals surface area contributed by atoms with Crippen LogP contribution in [0.5, 0.6) is 0 Å². The van der Waals surface area contributed by atoms with Crippen molar-refractivity contribution in [1.29, 1.82) is 0 Å². The fourth-order valence-corrected chi connectivity index (χ4v) is 2.44. The summed E-state index contributed by atoms with van der Waals surface area (Å²) in [5.41, 5.74) is 0.149. The summed E-state index contributed by atoms with van der Waals surface area (Å²) in [7, 11) is 0. The SMILES string of the molecule is Cc1nc(NCc2cccnc2)cc(C(=O)Nc2cccc(C(F)(F)F)c2)n1. The molecule has 0 aliphatic rings. The number of aromatic nitrogens is 3. The average Bonchev–Trinajstić information content (AvgIpc) is 2.66. The standard InChI is InChI=1S/C19H16F3N5O/c1-12-25-16(9-17(26-12)24-11-13-4-3-7-23-10-13)18(28)27-15-6-2-5-14(8-15)19(20,21)22/h2-10H,11H2,1H3,(H,27,28)(H,24,25,26). The van der Waals surface area contributed by atoms with Crippen LogP contribution in [0.2, 0.25) is 0 Å². The third-order valence-corrected chi connectivity index (χ3v) is 3.71. The minimum atomic E-state index is -4.49. The average molecular weight is 387 g/mol. The lowest BCUT2D eigenvalue weighted by atomic mass is 10.2. The molecule has 1 aromatic carbocycles. The molecule has 3 rings (SSSR count). The first kappa shape index (κ1) is 19.3. The quantitative estimate of drug-likeness (QED) is 0.690. The first-order valence-corrected chi connectivity index (χ1v) is 8.28. The summed E-state index contributed by atoms with van der Waals surface area (Å²) in [6.07, 6.45) is -1.13. The van der Waals surface area contributed by atoms with Crippen molar-refractivity contribution in [3.05, 3.63) is 77.5 Å². The second-order valence-corrected chi connectivity index (χ2v) is 5.93. The van der Waals surface area contributed by atoms with Gasteiger partial charge in [0.2, 0.25) is 0 Å². The van der Waals surface area contributed by atoms with E-state index in [2.05, 4.69) is 25.6 Å². The van der Waals surface area contributed by atoms with Gasteiger partial charge in [-0.1, -0.05) is 12.1 Å². The van der Waals surface area contributed by atoms with Gasteiger partial charge in [0.1, 0.15) is 17.3 Å². The molecule has 1 amide bonds. The number of benzene rings is 1. The summed E-state index contributed by atoms with van der Waals surface area (Å²) < 4.78 is 38.4. The van der Waals surface area contributed by atoms with E-state index in [1.807, 2.05) is 6.07 Å². The highest BCUT2D eigenvalue weighted by molar-refractivity contribution is 6.03. The molecule has 0 saturated carbocycles. The van der Waals surface area contributed by atoms with Gasteiger partial charge in [-0.2, -0.15) is 13.2 Å². The Morgan fingerprint density at radius 3 is 2.64 bits per heavy atom. The number of hydrogen-bond acceptors (Lipinski definition) is 5. The van der Waals surface area contributed by atoms with E-state index in [4.69, 9.17) is 0 Å². The maximum Gasteiger partial charge on any atom is 0.416 e. The van der Waals surface area contributed by atoms with Gasteiger partial charge >= 0.3 is 6.18 Å². The molecule has 0 saturated heterocycles. The zero-order valence-electron chi connectivity index (χ0n) is 14.8. The third-order valence-electron chi connectivity index (χ3n) is 3.71. The summed E-state index contributed by atoms with van der Waals surface area (Å²) in [5, 5.41) is 5.50. The maximum absolute atomic E-state index is 12.8. The molecular formula is C19H16F3N5O. The fourth-order valence-electron chi connectivity index (χ4n) is 2.44. The number of carbonyl (C=O) groups is 1. The molecule has 0 radical (unpaired) electrons. The summed E-state index contributed by atoms with van der Waals surface area (Å²) in [4.78, 5) is 24.7. The van der Waals surface area contributed by atoms with Gasteiger partial charge in [-0.15, -0.1) is 0 Å². The van der Waals surface area contributed by atoms with Gasteiger partial charge in [-0.05, 0) is 36.8 Å². The number of nitrogens with zero attached hydrogens (tertiary/aromatic N) is 3. The normalized spacial score (nSPS) is 11.1. The molecule has 9 heteroatoms. The third kappa shape index (κ3) is 5.03. The van der Waals surface area contributed by atoms with Crippen molar-refractivity contribution >= 4 is 17.4 Å². The lowest BCUT2D eigenvalue weighted by Crippen LogP contribution is -2.16. The number of anilines is 2. The van der Waals surface area contributed by atoms with Crippen molar-refractivity contribution < 1.29 is 18.0 Å². The highest BCUT2D eigenvalue weighted by Gasteiger charge is 2.30. The van der Waals surface area contributed by atoms with Crippen LogP contribution < -0.4 is 10.6 Å². The largest absolute Gasteiger partial charge is 0.416 e. The molecule has 0 aliphatic carbocycles. The van der Waals surface area contributed by atoms with Crippen LogP contribution in [0.3, 0.4) is 0 Å². The molecule has 0 spiro atoms. The van der Waals surface area contributed by atoms with Crippen LogP contribution in [0, 0.1) is 6.92 Å². The second-order valence-electron chi connectivity index (χ2n) is 5.93. The van der Waals surface area contributed by atoms with E-state index < -0.39 is 17.6 Å². The van der Waals surface area contributed by atoms with E-state index in [1.165, 1.54) is 18.2 Å². The number of amides is 1. The van der Waals surface area contributed by atoms with E-state index in [9.17, 15) is 18.0 Å². The Morgan fingerprint density at radius 1 is 1.11 bits per heavy atom. The lowest BCUT2D eigenvalue weighted by Gasteiger charge is -2.11. The molecular weight excluding hydrogens is 371 g/mol. The zero-order chi connectivity index (χ0) is 20.1. The molecule has 0 atom stereocenters. The molecule has 6 nitrogen and oxygen atoms in total. The topological polar surface area (TPSA) is 79.8 Å². The zero-order valence-corrected chi connectivity index (χ0v) is 14.8. The van der Waals surface area contributed by atoms with Crippen LogP contribution in [-0.2, 0) is 12.7 Å². The van der Waals surface area contributed by atoms with E-state index in [0.29, 0.717) is 18.2 Å². The highest BCUT2D eigenvalue weighted by atomic mass is 19.4. The van der Waals surface area contributed by atoms with Crippen LogP contribution >= 0.6 is 0 Å². The second kappa shape index (κ2) is 8.03. The van der Waals surface area contributed by atoms with Crippen molar-refractivity contribution in [2.24, 2.45) is 0 Å². The van der Waals surface area contributed by atoms with Gasteiger partial charge in [0.25, 0.3) is 5.91 Å². The summed E-state index contributed by atoms with van der Waals surface area (Å²) >= 11 is 0. The number of pyridine rings is 1. The predicted octanol–water partition coefficient (Wildman–Crippen LogP) is 4.06. The first-order valence-electron chi connectivity index (χ1n) is 8.28. The molecule has 2 N–H and O–H groups in total. The van der Waals surface area contributed by atoms with Gasteiger partial charge in [-0.25, -0.2) is 9.97 Å². The minimum absolute atomic E-state index is 0.0287. The Balaban J connectivity index is 1.74. The molecule has 2 aromatic heterocycles. The van der Waals surface area contributed by atoms with Crippen molar-refractivity contribution in [2.75, 3.05) is 10.6 Å². The minimum Gasteiger partial charge on any atom is -0.366 e. The van der Waals surface area contributed by atoms with Crippen LogP contribution in [0.25, 0.3) is 0 Å². The van der Waals surface area contributed by atoms with E-state index >= 15 is 0 Å². The first-order chi connectivity index (χ1) is 13.3. The monoisotopic (exact) mass is 387 g/mol. The van der Waals surface area contributed by atoms with Gasteiger partial charge < -0.3 is 10.6 Å². The fraction of sp³-hybridized carbons (Fsp3) is 0.158. The Hall–Kier alpha value is -3.49. The van der Waals surface area contributed by atoms with Crippen molar-refractivity contribution in [3.8, 4) is 0 Å². The molecule has 2 heterocycles. The van der Waals surface area contributed by atoms with E-state index in [-0.39, 0.29) is 11.4 Å². The summed E-state index contributed by atoms with van der Waals surface area (Å²) in [6, 6.07) is 9.53. The molecule has 28 heavy (non-hydrogen) atoms. The Morgan fingerprint density at radius 2 is 1.93 bits per heavy atom. The Kier molecular flexibility index (Phi) is 5.53. The number of alkyl halides is 3. The van der Waals surface area contributed by atoms with Gasteiger partial charge in [-0.3, -0.25) is 9.78 Å². The molecule has 0 bridgehead atoms. The van der Waals surface area contributed by atoms with Crippen molar-refractivity contribution in [1.82, 2.24) is 15.0 Å². The summed E-state index contributed by atoms with van der Waals surface area (Å²) in [5.74, 6) is 0.144. The molecule has 0 unspecified atom stereocenters. The van der Waals surface area contributed by atoms with Gasteiger partial charge in [0, 0.05) is 30.7 Å². The Bertz CT molecular complexity index is 977. The molecule has 3 aromatic rings. The van der Waals surface area contributed by atoms with Crippen LogP contribution in [0.1, 0.15) is 27.4 Å². The molecule has 0 aliphatic heterocycles. The number of halogens is 3. The lowest BCUT2D eigenvalue weighted by molar-refractivity contribution is -0.137. The Labute approximate surface area is 158 Å². The number of nitrogens with one attached hydrogen (secondary N) is 2. The van der Waals surface area contributed by atoms with Crippen LogP contribution in [-0.4, -0.2) is 20.9 Å². The van der Waals surface area contributed by atoms with Gasteiger partial charge in [0.05, 0.1) is 5.56 Å². The highest BCUT2D eigenvalue weighted by Crippen LogP contribution is 2.30. The molecule has 0 fully saturated rings. The number of hydrogen-bond donors (Lipinski definition) is 2. The predicted molar refractivity (Wildman–Crippen MR) is 97.7 cm³/mol.